The van der Waals surface area contributed by atoms with Gasteiger partial charge in [0.15, 0.2) is 11.4 Å². The maximum absolute atomic E-state index is 13.5. The van der Waals surface area contributed by atoms with Crippen molar-refractivity contribution in [2.75, 3.05) is 0 Å². The van der Waals surface area contributed by atoms with Crippen LogP contribution < -0.4 is 0 Å². The number of ether oxygens (including phenoxy) is 1. The van der Waals surface area contributed by atoms with Crippen LogP contribution in [-0.2, 0) is 4.74 Å². The van der Waals surface area contributed by atoms with Gasteiger partial charge >= 0.3 is 6.18 Å². The van der Waals surface area contributed by atoms with E-state index >= 15 is 0 Å². The molecule has 10 unspecified atom stereocenters. The zero-order chi connectivity index (χ0) is 11.5. The molecule has 5 saturated carbocycles. The molecule has 2 heterocycles. The summed E-state index contributed by atoms with van der Waals surface area (Å²) in [6, 6.07) is 0. The first-order valence-corrected chi connectivity index (χ1v) is 6.42. The maximum Gasteiger partial charge on any atom is 0.418 e. The Hall–Kier alpha value is -0.290. The predicted molar refractivity (Wildman–Crippen MR) is 47.4 cm³/mol. The molecule has 0 aromatic rings. The molecule has 7 rings (SSSR count). The van der Waals surface area contributed by atoms with Crippen molar-refractivity contribution in [2.24, 2.45) is 47.3 Å². The van der Waals surface area contributed by atoms with Crippen molar-refractivity contribution in [1.82, 2.24) is 0 Å². The largest absolute Gasteiger partial charge is 0.418 e. The zero-order valence-corrected chi connectivity index (χ0v) is 8.82. The molecular formula is C12H11F3O2. The number of aliphatic hydroxyl groups is 1. The Bertz CT molecular complexity index is 491. The first-order chi connectivity index (χ1) is 7.93. The lowest BCUT2D eigenvalue weighted by atomic mass is 9.56. The van der Waals surface area contributed by atoms with Crippen molar-refractivity contribution in [3.05, 3.63) is 0 Å². The van der Waals surface area contributed by atoms with Crippen LogP contribution in [0.3, 0.4) is 0 Å². The quantitative estimate of drug-likeness (QED) is 0.698. The number of rotatable bonds is 0. The number of hydrogen-bond acceptors (Lipinski definition) is 2. The van der Waals surface area contributed by atoms with E-state index < -0.39 is 29.4 Å². The fourth-order valence-corrected chi connectivity index (χ4v) is 7.51. The number of hydrogen-bond donors (Lipinski definition) is 1. The molecular weight excluding hydrogens is 233 g/mol. The number of alkyl halides is 3. The molecule has 0 aromatic heterocycles. The molecule has 1 N–H and O–H groups in total. The Kier molecular flexibility index (Phi) is 0.916. The molecule has 0 amide bonds. The molecule has 2 aliphatic heterocycles. The molecule has 0 aromatic carbocycles. The summed E-state index contributed by atoms with van der Waals surface area (Å²) in [4.78, 5) is 0. The summed E-state index contributed by atoms with van der Waals surface area (Å²) in [5.74, 6) is -1.59. The van der Waals surface area contributed by atoms with E-state index in [1.54, 1.807) is 0 Å². The highest BCUT2D eigenvalue weighted by Gasteiger charge is 3.01. The minimum Gasteiger partial charge on any atom is -0.365 e. The minimum absolute atomic E-state index is 0.189. The first kappa shape index (κ1) is 8.75. The fraction of sp³-hybridized carbons (Fsp3) is 1.00. The third-order valence-corrected chi connectivity index (χ3v) is 7.22. The van der Waals surface area contributed by atoms with Gasteiger partial charge in [0.2, 0.25) is 0 Å². The summed E-state index contributed by atoms with van der Waals surface area (Å²) in [6.07, 6.45) is -3.39. The monoisotopic (exact) mass is 244 g/mol. The second kappa shape index (κ2) is 1.78. The van der Waals surface area contributed by atoms with Crippen LogP contribution in [0.25, 0.3) is 0 Å². The highest BCUT2D eigenvalue weighted by atomic mass is 19.4. The summed E-state index contributed by atoms with van der Waals surface area (Å²) in [5.41, 5.74) is -1.96. The van der Waals surface area contributed by atoms with Crippen LogP contribution in [0.4, 0.5) is 13.2 Å². The van der Waals surface area contributed by atoms with E-state index in [0.717, 1.165) is 6.42 Å². The Morgan fingerprint density at radius 2 is 1.65 bits per heavy atom. The van der Waals surface area contributed by atoms with Crippen molar-refractivity contribution >= 4 is 0 Å². The van der Waals surface area contributed by atoms with Gasteiger partial charge in [0.25, 0.3) is 0 Å². The van der Waals surface area contributed by atoms with Gasteiger partial charge in [-0.2, -0.15) is 13.2 Å². The van der Waals surface area contributed by atoms with E-state index in [1.165, 1.54) is 0 Å². The second-order valence-electron chi connectivity index (χ2n) is 6.97. The van der Waals surface area contributed by atoms with Gasteiger partial charge in [-0.25, -0.2) is 0 Å². The van der Waals surface area contributed by atoms with Gasteiger partial charge in [-0.3, -0.25) is 0 Å². The van der Waals surface area contributed by atoms with E-state index in [0.29, 0.717) is 11.8 Å². The average molecular weight is 244 g/mol. The number of halogens is 3. The van der Waals surface area contributed by atoms with Gasteiger partial charge in [-0.1, -0.05) is 0 Å². The Morgan fingerprint density at radius 3 is 2.35 bits per heavy atom. The molecule has 92 valence electrons. The molecule has 17 heavy (non-hydrogen) atoms. The van der Waals surface area contributed by atoms with Gasteiger partial charge in [-0.05, 0) is 30.1 Å². The summed E-state index contributed by atoms with van der Waals surface area (Å²) in [5, 5.41) is 10.5. The summed E-state index contributed by atoms with van der Waals surface area (Å²) in [7, 11) is 0. The van der Waals surface area contributed by atoms with E-state index in [1.807, 2.05) is 0 Å². The van der Waals surface area contributed by atoms with Crippen LogP contribution >= 0.6 is 0 Å². The van der Waals surface area contributed by atoms with Gasteiger partial charge in [-0.15, -0.1) is 0 Å². The molecule has 5 aliphatic carbocycles. The maximum atomic E-state index is 13.5. The van der Waals surface area contributed by atoms with Gasteiger partial charge in [0.1, 0.15) is 0 Å². The standard InChI is InChI=1S/C12H11F3O2/c13-12(14,15)10-6-2-1-3-5-4(2)8(10)9(5)11(16,17-10)7(3)6/h2-9,16H,1H2. The molecule has 0 spiro atoms. The topological polar surface area (TPSA) is 29.5 Å². The third-order valence-electron chi connectivity index (χ3n) is 7.22. The smallest absolute Gasteiger partial charge is 0.365 e. The van der Waals surface area contributed by atoms with E-state index in [9.17, 15) is 18.3 Å². The van der Waals surface area contributed by atoms with E-state index in [4.69, 9.17) is 4.74 Å². The van der Waals surface area contributed by atoms with Crippen molar-refractivity contribution in [2.45, 2.75) is 24.0 Å². The molecule has 7 aliphatic rings. The molecule has 2 nitrogen and oxygen atoms in total. The molecule has 7 fully saturated rings. The Balaban J connectivity index is 1.72. The predicted octanol–water partition coefficient (Wildman–Crippen LogP) is 1.39. The lowest BCUT2D eigenvalue weighted by Crippen LogP contribution is -2.57. The van der Waals surface area contributed by atoms with Crippen LogP contribution in [0, 0.1) is 47.3 Å². The lowest BCUT2D eigenvalue weighted by Gasteiger charge is -2.46. The summed E-state index contributed by atoms with van der Waals surface area (Å²) in [6.45, 7) is 0. The fourth-order valence-electron chi connectivity index (χ4n) is 7.51. The zero-order valence-electron chi connectivity index (χ0n) is 8.82. The first-order valence-electron chi connectivity index (χ1n) is 6.42. The Labute approximate surface area is 95.1 Å². The molecule has 0 radical (unpaired) electrons. The van der Waals surface area contributed by atoms with Crippen molar-refractivity contribution in [3.8, 4) is 0 Å². The van der Waals surface area contributed by atoms with Crippen molar-refractivity contribution in [1.29, 1.82) is 0 Å². The van der Waals surface area contributed by atoms with Crippen molar-refractivity contribution in [3.63, 3.8) is 0 Å². The van der Waals surface area contributed by atoms with E-state index in [2.05, 4.69) is 0 Å². The average Bonchev–Trinajstić information content (AvgIpc) is 2.72. The van der Waals surface area contributed by atoms with Gasteiger partial charge in [0.05, 0.1) is 0 Å². The molecule has 4 bridgehead atoms. The van der Waals surface area contributed by atoms with Gasteiger partial charge < -0.3 is 9.84 Å². The Morgan fingerprint density at radius 1 is 1.00 bits per heavy atom. The highest BCUT2D eigenvalue weighted by Crippen LogP contribution is 2.94. The van der Waals surface area contributed by atoms with Crippen LogP contribution in [0.15, 0.2) is 0 Å². The molecule has 10 atom stereocenters. The lowest BCUT2D eigenvalue weighted by molar-refractivity contribution is -0.302. The highest BCUT2D eigenvalue weighted by molar-refractivity contribution is 5.42. The normalized spacial score (nSPS) is 79.8. The molecule has 2 saturated heterocycles. The van der Waals surface area contributed by atoms with Crippen LogP contribution in [0.1, 0.15) is 6.42 Å². The van der Waals surface area contributed by atoms with Crippen LogP contribution in [0.2, 0.25) is 0 Å². The third kappa shape index (κ3) is 0.477. The minimum atomic E-state index is -4.31. The van der Waals surface area contributed by atoms with Crippen LogP contribution in [0.5, 0.6) is 0 Å². The van der Waals surface area contributed by atoms with Crippen molar-refractivity contribution < 1.29 is 23.0 Å². The molecule has 5 heteroatoms. The summed E-state index contributed by atoms with van der Waals surface area (Å²) < 4.78 is 45.8. The van der Waals surface area contributed by atoms with Crippen LogP contribution in [-0.4, -0.2) is 22.7 Å². The summed E-state index contributed by atoms with van der Waals surface area (Å²) >= 11 is 0. The van der Waals surface area contributed by atoms with E-state index in [-0.39, 0.29) is 23.7 Å². The van der Waals surface area contributed by atoms with Gasteiger partial charge in [0, 0.05) is 23.7 Å². The SMILES string of the molecule is OC12OC3(C(F)(F)F)C4C5CC(C6C5C3C61)C42. The second-order valence-corrected chi connectivity index (χ2v) is 6.97.